The lowest BCUT2D eigenvalue weighted by molar-refractivity contribution is 0.303. The Morgan fingerprint density at radius 2 is 2.05 bits per heavy atom. The first-order chi connectivity index (χ1) is 9.70. The lowest BCUT2D eigenvalue weighted by atomic mass is 10.2. The van der Waals surface area contributed by atoms with Gasteiger partial charge in [0.15, 0.2) is 0 Å². The van der Waals surface area contributed by atoms with E-state index in [0.29, 0.717) is 17.7 Å². The van der Waals surface area contributed by atoms with Gasteiger partial charge in [0.05, 0.1) is 6.54 Å². The van der Waals surface area contributed by atoms with Crippen molar-refractivity contribution in [2.75, 3.05) is 0 Å². The van der Waals surface area contributed by atoms with Gasteiger partial charge in [-0.1, -0.05) is 11.6 Å². The van der Waals surface area contributed by atoms with Crippen LogP contribution in [0.4, 0.5) is 0 Å². The molecular weight excluding hydrogens is 274 g/mol. The monoisotopic (exact) mass is 291 g/mol. The number of rotatable bonds is 6. The van der Waals surface area contributed by atoms with Crippen molar-refractivity contribution in [3.63, 3.8) is 0 Å². The van der Waals surface area contributed by atoms with Crippen molar-refractivity contribution in [3.05, 3.63) is 52.4 Å². The molecule has 0 spiro atoms. The number of halogens is 1. The van der Waals surface area contributed by atoms with Crippen LogP contribution in [0.5, 0.6) is 5.75 Å². The van der Waals surface area contributed by atoms with Crippen LogP contribution in [0.3, 0.4) is 0 Å². The maximum Gasteiger partial charge on any atom is 0.119 e. The molecule has 3 rings (SSSR count). The SMILES string of the molecule is Cc1oc(CNC2CC2)cc1COc1ccc(Cl)cc1. The Morgan fingerprint density at radius 1 is 1.30 bits per heavy atom. The number of hydrogen-bond acceptors (Lipinski definition) is 3. The van der Waals surface area contributed by atoms with Gasteiger partial charge in [0.2, 0.25) is 0 Å². The van der Waals surface area contributed by atoms with Gasteiger partial charge in [0.25, 0.3) is 0 Å². The Labute approximate surface area is 123 Å². The molecule has 1 N–H and O–H groups in total. The Bertz CT molecular complexity index is 573. The predicted octanol–water partition coefficient (Wildman–Crippen LogP) is 4.07. The van der Waals surface area contributed by atoms with Gasteiger partial charge >= 0.3 is 0 Å². The van der Waals surface area contributed by atoms with Crippen molar-refractivity contribution in [1.82, 2.24) is 5.32 Å². The average molecular weight is 292 g/mol. The summed E-state index contributed by atoms with van der Waals surface area (Å²) in [6.45, 7) is 3.29. The molecule has 0 atom stereocenters. The van der Waals surface area contributed by atoms with Crippen LogP contribution in [0, 0.1) is 6.92 Å². The van der Waals surface area contributed by atoms with E-state index in [2.05, 4.69) is 11.4 Å². The fourth-order valence-corrected chi connectivity index (χ4v) is 2.17. The molecule has 20 heavy (non-hydrogen) atoms. The van der Waals surface area contributed by atoms with Crippen LogP contribution in [-0.4, -0.2) is 6.04 Å². The van der Waals surface area contributed by atoms with Crippen molar-refractivity contribution in [1.29, 1.82) is 0 Å². The van der Waals surface area contributed by atoms with Crippen molar-refractivity contribution >= 4 is 11.6 Å². The highest BCUT2D eigenvalue weighted by atomic mass is 35.5. The molecule has 1 heterocycles. The molecule has 1 saturated carbocycles. The molecule has 1 aliphatic carbocycles. The number of benzene rings is 1. The number of furan rings is 1. The summed E-state index contributed by atoms with van der Waals surface area (Å²) in [5.74, 6) is 2.71. The predicted molar refractivity (Wildman–Crippen MR) is 79.1 cm³/mol. The zero-order valence-corrected chi connectivity index (χ0v) is 12.2. The largest absolute Gasteiger partial charge is 0.489 e. The summed E-state index contributed by atoms with van der Waals surface area (Å²) in [5.41, 5.74) is 1.09. The molecule has 2 aromatic rings. The van der Waals surface area contributed by atoms with E-state index < -0.39 is 0 Å². The highest BCUT2D eigenvalue weighted by Crippen LogP contribution is 2.22. The molecule has 1 fully saturated rings. The van der Waals surface area contributed by atoms with Gasteiger partial charge in [0.1, 0.15) is 23.9 Å². The van der Waals surface area contributed by atoms with Crippen molar-refractivity contribution in [2.24, 2.45) is 0 Å². The molecule has 0 unspecified atom stereocenters. The Balaban J connectivity index is 1.57. The lowest BCUT2D eigenvalue weighted by Crippen LogP contribution is -2.14. The summed E-state index contributed by atoms with van der Waals surface area (Å²) >= 11 is 5.85. The van der Waals surface area contributed by atoms with Crippen LogP contribution in [0.25, 0.3) is 0 Å². The van der Waals surface area contributed by atoms with E-state index in [1.807, 2.05) is 31.2 Å². The summed E-state index contributed by atoms with van der Waals surface area (Å²) in [4.78, 5) is 0. The molecule has 0 radical (unpaired) electrons. The molecule has 0 bridgehead atoms. The molecular formula is C16H18ClNO2. The van der Waals surface area contributed by atoms with Crippen LogP contribution in [0.2, 0.25) is 5.02 Å². The van der Waals surface area contributed by atoms with Crippen LogP contribution < -0.4 is 10.1 Å². The van der Waals surface area contributed by atoms with E-state index in [4.69, 9.17) is 20.8 Å². The fourth-order valence-electron chi connectivity index (χ4n) is 2.04. The fraction of sp³-hybridized carbons (Fsp3) is 0.375. The minimum absolute atomic E-state index is 0.514. The Kier molecular flexibility index (Phi) is 3.99. The molecule has 1 aromatic heterocycles. The number of ether oxygens (including phenoxy) is 1. The highest BCUT2D eigenvalue weighted by Gasteiger charge is 2.20. The molecule has 0 saturated heterocycles. The van der Waals surface area contributed by atoms with Crippen LogP contribution in [0.15, 0.2) is 34.7 Å². The minimum Gasteiger partial charge on any atom is -0.489 e. The summed E-state index contributed by atoms with van der Waals surface area (Å²) in [6, 6.07) is 10.1. The summed E-state index contributed by atoms with van der Waals surface area (Å²) in [6.07, 6.45) is 2.57. The van der Waals surface area contributed by atoms with E-state index in [1.165, 1.54) is 12.8 Å². The van der Waals surface area contributed by atoms with E-state index in [-0.39, 0.29) is 0 Å². The maximum absolute atomic E-state index is 5.85. The third-order valence-electron chi connectivity index (χ3n) is 3.42. The zero-order valence-electron chi connectivity index (χ0n) is 11.5. The van der Waals surface area contributed by atoms with Gasteiger partial charge in [-0.15, -0.1) is 0 Å². The van der Waals surface area contributed by atoms with Crippen LogP contribution in [0.1, 0.15) is 29.9 Å². The van der Waals surface area contributed by atoms with E-state index in [9.17, 15) is 0 Å². The van der Waals surface area contributed by atoms with Gasteiger partial charge < -0.3 is 14.5 Å². The first kappa shape index (κ1) is 13.5. The molecule has 1 aliphatic rings. The normalized spacial score (nSPS) is 14.5. The van der Waals surface area contributed by atoms with Crippen molar-refractivity contribution < 1.29 is 9.15 Å². The quantitative estimate of drug-likeness (QED) is 0.871. The molecule has 1 aromatic carbocycles. The molecule has 4 heteroatoms. The van der Waals surface area contributed by atoms with Gasteiger partial charge in [-0.05, 0) is 50.1 Å². The van der Waals surface area contributed by atoms with Gasteiger partial charge in [-0.3, -0.25) is 0 Å². The summed E-state index contributed by atoms with van der Waals surface area (Å²) in [7, 11) is 0. The van der Waals surface area contributed by atoms with Crippen LogP contribution >= 0.6 is 11.6 Å². The number of aryl methyl sites for hydroxylation is 1. The van der Waals surface area contributed by atoms with Gasteiger partial charge in [0, 0.05) is 16.6 Å². The molecule has 0 amide bonds. The third kappa shape index (κ3) is 3.56. The standard InChI is InChI=1S/C16H18ClNO2/c1-11-12(8-16(20-11)9-18-14-4-5-14)10-19-15-6-2-13(17)3-7-15/h2-3,6-8,14,18H,4-5,9-10H2,1H3. The first-order valence-electron chi connectivity index (χ1n) is 6.90. The third-order valence-corrected chi connectivity index (χ3v) is 3.67. The topological polar surface area (TPSA) is 34.4 Å². The minimum atomic E-state index is 0.514. The molecule has 106 valence electrons. The smallest absolute Gasteiger partial charge is 0.119 e. The second-order valence-electron chi connectivity index (χ2n) is 5.19. The number of hydrogen-bond donors (Lipinski definition) is 1. The van der Waals surface area contributed by atoms with Gasteiger partial charge in [-0.2, -0.15) is 0 Å². The Hall–Kier alpha value is -1.45. The van der Waals surface area contributed by atoms with Crippen molar-refractivity contribution in [3.8, 4) is 5.75 Å². The van der Waals surface area contributed by atoms with E-state index in [0.717, 1.165) is 29.4 Å². The highest BCUT2D eigenvalue weighted by molar-refractivity contribution is 6.30. The summed E-state index contributed by atoms with van der Waals surface area (Å²) in [5, 5.41) is 4.16. The van der Waals surface area contributed by atoms with Crippen molar-refractivity contribution in [2.45, 2.75) is 39.0 Å². The molecule has 0 aliphatic heterocycles. The second-order valence-corrected chi connectivity index (χ2v) is 5.63. The molecule has 3 nitrogen and oxygen atoms in total. The second kappa shape index (κ2) is 5.90. The number of nitrogens with one attached hydrogen (secondary N) is 1. The Morgan fingerprint density at radius 3 is 2.75 bits per heavy atom. The maximum atomic E-state index is 5.85. The van der Waals surface area contributed by atoms with Gasteiger partial charge in [-0.25, -0.2) is 0 Å². The van der Waals surface area contributed by atoms with E-state index >= 15 is 0 Å². The summed E-state index contributed by atoms with van der Waals surface area (Å²) < 4.78 is 11.5. The first-order valence-corrected chi connectivity index (χ1v) is 7.28. The zero-order chi connectivity index (χ0) is 13.9. The van der Waals surface area contributed by atoms with E-state index in [1.54, 1.807) is 0 Å². The average Bonchev–Trinajstić information content (AvgIpc) is 3.20. The lowest BCUT2D eigenvalue weighted by Gasteiger charge is -2.04. The van der Waals surface area contributed by atoms with Crippen LogP contribution in [-0.2, 0) is 13.2 Å².